The standard InChI is InChI=1S/C56H96NO7P/c1-6-8-10-12-14-16-18-20-22-24-26-27-28-29-30-31-32-33-35-37-39-41-43-45-47-49-56(58)64-55(54-63-65(59,60)62-52-50-57(3,4)5)53-61-51-48-46-44-42-40-38-36-34-25-23-21-19-17-15-13-11-9-7-2/h8-11,14-17,20-23,26-27,29-30,34,36,55H,6-7,12-13,18-19,24-25,28,31-33,35,37-54H2,1-5H3/p+1/b10-8-,11-9-,16-14-,17-15-,22-20-,23-21-,27-26-,30-29-,36-34-. The summed E-state index contributed by atoms with van der Waals surface area (Å²) in [6.45, 7) is 5.32. The van der Waals surface area contributed by atoms with Crippen LogP contribution in [0.2, 0.25) is 0 Å². The topological polar surface area (TPSA) is 91.3 Å². The zero-order valence-corrected chi connectivity index (χ0v) is 43.1. The number of quaternary nitrogens is 1. The van der Waals surface area contributed by atoms with Crippen molar-refractivity contribution in [1.29, 1.82) is 0 Å². The van der Waals surface area contributed by atoms with Crippen molar-refractivity contribution in [3.8, 4) is 0 Å². The number of phosphoric ester groups is 1. The fourth-order valence-corrected chi connectivity index (χ4v) is 7.19. The van der Waals surface area contributed by atoms with E-state index in [1.807, 2.05) is 21.1 Å². The molecule has 9 heteroatoms. The van der Waals surface area contributed by atoms with Crippen molar-refractivity contribution >= 4 is 13.8 Å². The van der Waals surface area contributed by atoms with Crippen molar-refractivity contribution in [3.63, 3.8) is 0 Å². The van der Waals surface area contributed by atoms with Gasteiger partial charge >= 0.3 is 13.8 Å². The van der Waals surface area contributed by atoms with Gasteiger partial charge in [0.05, 0.1) is 34.4 Å². The van der Waals surface area contributed by atoms with Crippen molar-refractivity contribution in [3.05, 3.63) is 109 Å². The Bertz CT molecular complexity index is 1400. The second kappa shape index (κ2) is 47.6. The molecule has 0 heterocycles. The van der Waals surface area contributed by atoms with Gasteiger partial charge in [0, 0.05) is 13.0 Å². The van der Waals surface area contributed by atoms with E-state index in [9.17, 15) is 14.3 Å². The van der Waals surface area contributed by atoms with E-state index in [0.29, 0.717) is 24.1 Å². The molecule has 0 aliphatic heterocycles. The van der Waals surface area contributed by atoms with E-state index in [0.717, 1.165) is 109 Å². The fraction of sp³-hybridized carbons (Fsp3) is 0.661. The number of likely N-dealkylation sites (N-methyl/N-ethyl adjacent to an activating group) is 1. The molecule has 0 saturated heterocycles. The van der Waals surface area contributed by atoms with Gasteiger partial charge in [-0.1, -0.05) is 187 Å². The SMILES string of the molecule is CC/C=C\C/C=C\C/C=C\C/C=C\C/C=C\CCCCCCCCCCCC(=O)OC(COCCCCCCC/C=C\C/C=C\C/C=C\C/C=C\CC)COP(=O)(O)OCC[N+](C)(C)C. The Kier molecular flexibility index (Phi) is 45.6. The predicted octanol–water partition coefficient (Wildman–Crippen LogP) is 15.9. The lowest BCUT2D eigenvalue weighted by Gasteiger charge is -2.24. The lowest BCUT2D eigenvalue weighted by molar-refractivity contribution is -0.870. The minimum absolute atomic E-state index is 0.0769. The molecular formula is C56H97NO7P+. The summed E-state index contributed by atoms with van der Waals surface area (Å²) in [5.41, 5.74) is 0. The molecule has 1 N–H and O–H groups in total. The Morgan fingerprint density at radius 1 is 0.477 bits per heavy atom. The Hall–Kier alpha value is -2.84. The lowest BCUT2D eigenvalue weighted by Crippen LogP contribution is -2.37. The second-order valence-electron chi connectivity index (χ2n) is 17.8. The van der Waals surface area contributed by atoms with Gasteiger partial charge in [-0.15, -0.1) is 0 Å². The quantitative estimate of drug-likeness (QED) is 0.0214. The molecule has 0 aromatic carbocycles. The third kappa shape index (κ3) is 52.0. The van der Waals surface area contributed by atoms with Gasteiger partial charge in [0.25, 0.3) is 0 Å². The maximum atomic E-state index is 12.8. The molecule has 0 fully saturated rings. The normalized spacial score (nSPS) is 14.5. The Morgan fingerprint density at radius 3 is 1.26 bits per heavy atom. The van der Waals surface area contributed by atoms with Crippen molar-refractivity contribution in [2.75, 3.05) is 54.1 Å². The Balaban J connectivity index is 4.21. The number of hydrogen-bond donors (Lipinski definition) is 1. The summed E-state index contributed by atoms with van der Waals surface area (Å²) in [5.74, 6) is -0.332. The van der Waals surface area contributed by atoms with Gasteiger partial charge in [0.2, 0.25) is 0 Å². The molecule has 0 aliphatic carbocycles. The van der Waals surface area contributed by atoms with Crippen LogP contribution in [0.15, 0.2) is 109 Å². The molecule has 0 aliphatic rings. The minimum atomic E-state index is -4.30. The van der Waals surface area contributed by atoms with Crippen molar-refractivity contribution in [2.24, 2.45) is 0 Å². The van der Waals surface area contributed by atoms with Crippen molar-refractivity contribution in [2.45, 2.75) is 187 Å². The average Bonchev–Trinajstić information content (AvgIpc) is 3.27. The molecule has 0 aromatic heterocycles. The number of carbonyl (C=O) groups excluding carboxylic acids is 1. The van der Waals surface area contributed by atoms with Crippen LogP contribution in [0.1, 0.15) is 181 Å². The van der Waals surface area contributed by atoms with Gasteiger partial charge in [0.1, 0.15) is 19.3 Å². The van der Waals surface area contributed by atoms with Crippen LogP contribution >= 0.6 is 7.82 Å². The molecule has 372 valence electrons. The first-order valence-corrected chi connectivity index (χ1v) is 27.1. The van der Waals surface area contributed by atoms with E-state index in [4.69, 9.17) is 18.5 Å². The van der Waals surface area contributed by atoms with E-state index in [1.165, 1.54) is 51.4 Å². The van der Waals surface area contributed by atoms with Gasteiger partial charge < -0.3 is 18.9 Å². The smallest absolute Gasteiger partial charge is 0.457 e. The molecule has 0 spiro atoms. The van der Waals surface area contributed by atoms with Crippen LogP contribution in [0.5, 0.6) is 0 Å². The van der Waals surface area contributed by atoms with Crippen LogP contribution < -0.4 is 0 Å². The summed E-state index contributed by atoms with van der Waals surface area (Å²) < 4.78 is 35.1. The van der Waals surface area contributed by atoms with Crippen molar-refractivity contribution in [1.82, 2.24) is 0 Å². The zero-order chi connectivity index (χ0) is 47.6. The lowest BCUT2D eigenvalue weighted by atomic mass is 10.1. The molecular weight excluding hydrogens is 830 g/mol. The highest BCUT2D eigenvalue weighted by Gasteiger charge is 2.26. The number of hydrogen-bond acceptors (Lipinski definition) is 6. The molecule has 2 atom stereocenters. The number of rotatable bonds is 46. The highest BCUT2D eigenvalue weighted by atomic mass is 31.2. The number of esters is 1. The summed E-state index contributed by atoms with van der Waals surface area (Å²) >= 11 is 0. The van der Waals surface area contributed by atoms with Crippen LogP contribution in [-0.4, -0.2) is 75.6 Å². The number of unbranched alkanes of at least 4 members (excludes halogenated alkanes) is 14. The van der Waals surface area contributed by atoms with E-state index in [2.05, 4.69) is 123 Å². The van der Waals surface area contributed by atoms with Crippen LogP contribution in [0.25, 0.3) is 0 Å². The summed E-state index contributed by atoms with van der Waals surface area (Å²) in [7, 11) is 1.63. The highest BCUT2D eigenvalue weighted by Crippen LogP contribution is 2.43. The van der Waals surface area contributed by atoms with E-state index in [1.54, 1.807) is 0 Å². The molecule has 65 heavy (non-hydrogen) atoms. The van der Waals surface area contributed by atoms with Crippen LogP contribution in [-0.2, 0) is 27.9 Å². The first-order valence-electron chi connectivity index (χ1n) is 25.6. The van der Waals surface area contributed by atoms with Crippen LogP contribution in [0.3, 0.4) is 0 Å². The first-order chi connectivity index (χ1) is 31.6. The summed E-state index contributed by atoms with van der Waals surface area (Å²) in [4.78, 5) is 23.0. The van der Waals surface area contributed by atoms with Crippen LogP contribution in [0, 0.1) is 0 Å². The average molecular weight is 927 g/mol. The molecule has 0 saturated carbocycles. The van der Waals surface area contributed by atoms with E-state index >= 15 is 0 Å². The number of allylic oxidation sites excluding steroid dienone is 18. The molecule has 0 aromatic rings. The molecule has 8 nitrogen and oxygen atoms in total. The number of ether oxygens (including phenoxy) is 2. The number of nitrogens with zero attached hydrogens (tertiary/aromatic N) is 1. The highest BCUT2D eigenvalue weighted by molar-refractivity contribution is 7.47. The summed E-state index contributed by atoms with van der Waals surface area (Å²) in [5, 5.41) is 0. The van der Waals surface area contributed by atoms with Gasteiger partial charge in [-0.25, -0.2) is 4.57 Å². The van der Waals surface area contributed by atoms with E-state index < -0.39 is 13.9 Å². The minimum Gasteiger partial charge on any atom is -0.457 e. The van der Waals surface area contributed by atoms with Gasteiger partial charge in [-0.3, -0.25) is 13.8 Å². The monoisotopic (exact) mass is 927 g/mol. The molecule has 2 unspecified atom stereocenters. The number of carbonyl (C=O) groups is 1. The van der Waals surface area contributed by atoms with Gasteiger partial charge in [-0.05, 0) is 96.3 Å². The fourth-order valence-electron chi connectivity index (χ4n) is 6.45. The number of phosphoric acid groups is 1. The van der Waals surface area contributed by atoms with E-state index in [-0.39, 0.29) is 25.8 Å². The Morgan fingerprint density at radius 2 is 0.846 bits per heavy atom. The second-order valence-corrected chi connectivity index (χ2v) is 19.2. The zero-order valence-electron chi connectivity index (χ0n) is 42.2. The molecule has 0 bridgehead atoms. The third-order valence-corrected chi connectivity index (χ3v) is 11.3. The van der Waals surface area contributed by atoms with Crippen molar-refractivity contribution < 1.29 is 37.3 Å². The molecule has 0 amide bonds. The molecule has 0 radical (unpaired) electrons. The largest absolute Gasteiger partial charge is 0.472 e. The summed E-state index contributed by atoms with van der Waals surface area (Å²) in [6, 6.07) is 0. The first kappa shape index (κ1) is 62.2. The maximum absolute atomic E-state index is 12.8. The predicted molar refractivity (Wildman–Crippen MR) is 279 cm³/mol. The van der Waals surface area contributed by atoms with Gasteiger partial charge in [0.15, 0.2) is 0 Å². The maximum Gasteiger partial charge on any atom is 0.472 e. The van der Waals surface area contributed by atoms with Crippen LogP contribution in [0.4, 0.5) is 0 Å². The summed E-state index contributed by atoms with van der Waals surface area (Å²) in [6.07, 6.45) is 67.0. The molecule has 0 rings (SSSR count). The van der Waals surface area contributed by atoms with Gasteiger partial charge in [-0.2, -0.15) is 0 Å². The third-order valence-electron chi connectivity index (χ3n) is 10.3. The Labute approximate surface area is 400 Å².